The quantitative estimate of drug-likeness (QED) is 0.299. The molecule has 1 unspecified atom stereocenters. The van der Waals surface area contributed by atoms with Crippen molar-refractivity contribution in [1.29, 1.82) is 0 Å². The number of phenolic OH excluding ortho intramolecular Hbond substituents is 2. The first kappa shape index (κ1) is 15.5. The van der Waals surface area contributed by atoms with Crippen LogP contribution in [0.15, 0.2) is 54.6 Å². The molecule has 5 N–H and O–H groups in total. The van der Waals surface area contributed by atoms with E-state index in [1.807, 2.05) is 6.07 Å². The zero-order valence-electron chi connectivity index (χ0n) is 13.9. The van der Waals surface area contributed by atoms with E-state index in [4.69, 9.17) is 15.3 Å². The van der Waals surface area contributed by atoms with Crippen LogP contribution in [0.2, 0.25) is 0 Å². The molecule has 0 saturated carbocycles. The maximum Gasteiger partial charge on any atom is 0.340 e. The molecule has 27 heavy (non-hydrogen) atoms. The number of carbonyl (C=O) groups excluding carboxylic acids is 1. The van der Waals surface area contributed by atoms with E-state index < -0.39 is 11.6 Å². The summed E-state index contributed by atoms with van der Waals surface area (Å²) in [6, 6.07) is 14.5. The summed E-state index contributed by atoms with van der Waals surface area (Å²) in [5, 5.41) is 19.9. The van der Waals surface area contributed by atoms with Gasteiger partial charge in [0.25, 0.3) is 0 Å². The highest BCUT2D eigenvalue weighted by Gasteiger charge is 2.54. The molecule has 0 fully saturated rings. The molecule has 1 atom stereocenters. The molecule has 0 aliphatic carbocycles. The van der Waals surface area contributed by atoms with Gasteiger partial charge in [-0.25, -0.2) is 4.79 Å². The van der Waals surface area contributed by atoms with Gasteiger partial charge < -0.3 is 25.1 Å². The standard InChI is InChI=1S/C20H14N2O5/c21-22-15-7-11(24)9-17-18(15)20(14-6-5-10(23)8-16(14)26-17)13-4-2-1-3-12(13)19(25)27-20/h1-9,22-24H,21H2. The van der Waals surface area contributed by atoms with E-state index in [0.717, 1.165) is 0 Å². The topological polar surface area (TPSA) is 114 Å². The highest BCUT2D eigenvalue weighted by atomic mass is 16.6. The van der Waals surface area contributed by atoms with Crippen molar-refractivity contribution < 1.29 is 24.5 Å². The molecule has 7 heteroatoms. The van der Waals surface area contributed by atoms with Gasteiger partial charge in [-0.3, -0.25) is 5.84 Å². The number of hydrogen-bond donors (Lipinski definition) is 4. The van der Waals surface area contributed by atoms with Crippen molar-refractivity contribution in [1.82, 2.24) is 0 Å². The average molecular weight is 362 g/mol. The summed E-state index contributed by atoms with van der Waals surface area (Å²) >= 11 is 0. The Bertz CT molecular complexity index is 1130. The Labute approximate surface area is 153 Å². The maximum atomic E-state index is 12.7. The molecule has 0 aromatic heterocycles. The van der Waals surface area contributed by atoms with Crippen molar-refractivity contribution in [2.24, 2.45) is 5.84 Å². The molecule has 0 amide bonds. The smallest absolute Gasteiger partial charge is 0.340 e. The van der Waals surface area contributed by atoms with E-state index in [9.17, 15) is 15.0 Å². The van der Waals surface area contributed by atoms with Crippen LogP contribution in [0, 0.1) is 0 Å². The normalized spacial score (nSPS) is 18.9. The minimum atomic E-state index is -1.32. The molecule has 3 aromatic carbocycles. The van der Waals surface area contributed by atoms with Gasteiger partial charge in [0.15, 0.2) is 5.60 Å². The van der Waals surface area contributed by atoms with Crippen LogP contribution in [0.3, 0.4) is 0 Å². The molecule has 1 spiro atoms. The number of aromatic hydroxyl groups is 2. The molecule has 2 aliphatic heterocycles. The third-order valence-electron chi connectivity index (χ3n) is 4.93. The van der Waals surface area contributed by atoms with Crippen molar-refractivity contribution in [3.8, 4) is 23.0 Å². The van der Waals surface area contributed by atoms with Gasteiger partial charge in [0, 0.05) is 29.3 Å². The number of hydrogen-bond acceptors (Lipinski definition) is 7. The summed E-state index contributed by atoms with van der Waals surface area (Å²) in [5.74, 6) is 5.74. The molecule has 3 aromatic rings. The van der Waals surface area contributed by atoms with E-state index >= 15 is 0 Å². The summed E-state index contributed by atoms with van der Waals surface area (Å²) in [4.78, 5) is 12.7. The lowest BCUT2D eigenvalue weighted by Crippen LogP contribution is -2.34. The van der Waals surface area contributed by atoms with Gasteiger partial charge in [0.2, 0.25) is 0 Å². The first-order chi connectivity index (χ1) is 13.0. The molecular weight excluding hydrogens is 348 g/mol. The fourth-order valence-electron chi connectivity index (χ4n) is 3.90. The third-order valence-corrected chi connectivity index (χ3v) is 4.93. The summed E-state index contributed by atoms with van der Waals surface area (Å²) in [7, 11) is 0. The number of esters is 1. The first-order valence-electron chi connectivity index (χ1n) is 8.23. The van der Waals surface area contributed by atoms with Crippen molar-refractivity contribution >= 4 is 11.7 Å². The molecular formula is C20H14N2O5. The van der Waals surface area contributed by atoms with Crippen molar-refractivity contribution in [3.05, 3.63) is 76.9 Å². The highest BCUT2D eigenvalue weighted by Crippen LogP contribution is 2.59. The molecule has 5 rings (SSSR count). The summed E-state index contributed by atoms with van der Waals surface area (Å²) in [6.07, 6.45) is 0. The van der Waals surface area contributed by atoms with Gasteiger partial charge >= 0.3 is 5.97 Å². The van der Waals surface area contributed by atoms with Gasteiger partial charge in [0.1, 0.15) is 23.0 Å². The molecule has 0 radical (unpaired) electrons. The van der Waals surface area contributed by atoms with Crippen molar-refractivity contribution in [2.45, 2.75) is 5.60 Å². The Balaban J connectivity index is 1.94. The first-order valence-corrected chi connectivity index (χ1v) is 8.23. The predicted molar refractivity (Wildman–Crippen MR) is 95.8 cm³/mol. The Kier molecular flexibility index (Phi) is 2.96. The molecule has 0 bridgehead atoms. The van der Waals surface area contributed by atoms with Gasteiger partial charge in [-0.15, -0.1) is 0 Å². The second-order valence-corrected chi connectivity index (χ2v) is 6.41. The minimum absolute atomic E-state index is 0.00212. The van der Waals surface area contributed by atoms with E-state index in [-0.39, 0.29) is 17.2 Å². The molecule has 7 nitrogen and oxygen atoms in total. The largest absolute Gasteiger partial charge is 0.508 e. The molecule has 2 aliphatic rings. The van der Waals surface area contributed by atoms with Crippen LogP contribution in [-0.4, -0.2) is 16.2 Å². The zero-order chi connectivity index (χ0) is 18.8. The Morgan fingerprint density at radius 2 is 1.70 bits per heavy atom. The summed E-state index contributed by atoms with van der Waals surface area (Å²) in [5.41, 5.74) is 3.67. The number of fused-ring (bicyclic) bond motifs is 6. The predicted octanol–water partition coefficient (Wildman–Crippen LogP) is 2.95. The van der Waals surface area contributed by atoms with Crippen LogP contribution in [0.5, 0.6) is 23.0 Å². The Morgan fingerprint density at radius 3 is 2.52 bits per heavy atom. The summed E-state index contributed by atoms with van der Waals surface area (Å²) < 4.78 is 11.9. The number of nitrogen functional groups attached to an aromatic ring is 1. The fourth-order valence-corrected chi connectivity index (χ4v) is 3.90. The maximum absolute atomic E-state index is 12.7. The van der Waals surface area contributed by atoms with E-state index in [1.165, 1.54) is 24.3 Å². The van der Waals surface area contributed by atoms with Crippen molar-refractivity contribution in [2.75, 3.05) is 5.43 Å². The number of hydrazine groups is 1. The SMILES string of the molecule is NNc1cc(O)cc2c1C1(OC(=O)c3ccccc31)c1ccc(O)cc1O2. The van der Waals surface area contributed by atoms with Gasteiger partial charge in [-0.2, -0.15) is 0 Å². The zero-order valence-corrected chi connectivity index (χ0v) is 13.9. The van der Waals surface area contributed by atoms with Gasteiger partial charge in [0.05, 0.1) is 16.8 Å². The number of ether oxygens (including phenoxy) is 2. The van der Waals surface area contributed by atoms with Crippen LogP contribution >= 0.6 is 0 Å². The monoisotopic (exact) mass is 362 g/mol. The van der Waals surface area contributed by atoms with Crippen LogP contribution in [0.25, 0.3) is 0 Å². The number of nitrogens with two attached hydrogens (primary N) is 1. The Hall–Kier alpha value is -3.71. The molecule has 2 heterocycles. The summed E-state index contributed by atoms with van der Waals surface area (Å²) in [6.45, 7) is 0. The van der Waals surface area contributed by atoms with Crippen LogP contribution in [0.4, 0.5) is 5.69 Å². The Morgan fingerprint density at radius 1 is 0.926 bits per heavy atom. The number of nitrogens with one attached hydrogen (secondary N) is 1. The second-order valence-electron chi connectivity index (χ2n) is 6.41. The lowest BCUT2D eigenvalue weighted by molar-refractivity contribution is 0.0226. The average Bonchev–Trinajstić information content (AvgIpc) is 2.94. The lowest BCUT2D eigenvalue weighted by atomic mass is 9.77. The molecule has 134 valence electrons. The third kappa shape index (κ3) is 1.91. The van der Waals surface area contributed by atoms with E-state index in [0.29, 0.717) is 33.7 Å². The number of benzene rings is 3. The van der Waals surface area contributed by atoms with Gasteiger partial charge in [-0.05, 0) is 18.2 Å². The highest BCUT2D eigenvalue weighted by molar-refractivity contribution is 5.97. The van der Waals surface area contributed by atoms with Crippen LogP contribution in [-0.2, 0) is 10.3 Å². The molecule has 0 saturated heterocycles. The van der Waals surface area contributed by atoms with Crippen LogP contribution < -0.4 is 16.0 Å². The number of rotatable bonds is 1. The minimum Gasteiger partial charge on any atom is -0.508 e. The van der Waals surface area contributed by atoms with Gasteiger partial charge in [-0.1, -0.05) is 18.2 Å². The van der Waals surface area contributed by atoms with Crippen molar-refractivity contribution in [3.63, 3.8) is 0 Å². The number of anilines is 1. The fraction of sp³-hybridized carbons (Fsp3) is 0.0500. The second kappa shape index (κ2) is 5.15. The number of phenols is 2. The van der Waals surface area contributed by atoms with Crippen LogP contribution in [0.1, 0.15) is 27.0 Å². The number of carbonyl (C=O) groups is 1. The lowest BCUT2D eigenvalue weighted by Gasteiger charge is -2.37. The van der Waals surface area contributed by atoms with E-state index in [2.05, 4.69) is 5.43 Å². The van der Waals surface area contributed by atoms with E-state index in [1.54, 1.807) is 24.3 Å².